The fourth-order valence-corrected chi connectivity index (χ4v) is 1.45. The van der Waals surface area contributed by atoms with E-state index in [1.54, 1.807) is 12.1 Å². The summed E-state index contributed by atoms with van der Waals surface area (Å²) >= 11 is 3.33. The predicted molar refractivity (Wildman–Crippen MR) is 59.2 cm³/mol. The normalized spacial score (nSPS) is 12.8. The van der Waals surface area contributed by atoms with Crippen molar-refractivity contribution in [2.24, 2.45) is 0 Å². The van der Waals surface area contributed by atoms with Gasteiger partial charge in [0.1, 0.15) is 5.75 Å². The van der Waals surface area contributed by atoms with Crippen molar-refractivity contribution in [1.29, 1.82) is 0 Å². The van der Waals surface area contributed by atoms with Gasteiger partial charge >= 0.3 is 0 Å². The van der Waals surface area contributed by atoms with E-state index in [1.165, 1.54) is 0 Å². The summed E-state index contributed by atoms with van der Waals surface area (Å²) in [5, 5.41) is 21.4. The van der Waals surface area contributed by atoms with Crippen LogP contribution in [-0.2, 0) is 6.54 Å². The Bertz CT molecular complexity index is 304. The number of hydrogen-bond acceptors (Lipinski definition) is 3. The van der Waals surface area contributed by atoms with Crippen molar-refractivity contribution < 1.29 is 10.2 Å². The van der Waals surface area contributed by atoms with E-state index >= 15 is 0 Å². The predicted octanol–water partition coefficient (Wildman–Crippen LogP) is 1.63. The van der Waals surface area contributed by atoms with Crippen LogP contribution >= 0.6 is 15.9 Å². The SMILES string of the molecule is CC(CO)NCc1cc(Br)ccc1O. The van der Waals surface area contributed by atoms with Crippen molar-refractivity contribution in [3.63, 3.8) is 0 Å². The summed E-state index contributed by atoms with van der Waals surface area (Å²) in [4.78, 5) is 0. The standard InChI is InChI=1S/C10H14BrNO2/c1-7(6-13)12-5-8-4-9(11)2-3-10(8)14/h2-4,7,12-14H,5-6H2,1H3. The smallest absolute Gasteiger partial charge is 0.120 e. The van der Waals surface area contributed by atoms with Crippen LogP contribution in [0.4, 0.5) is 0 Å². The maximum atomic E-state index is 9.50. The molecule has 0 aromatic heterocycles. The van der Waals surface area contributed by atoms with Gasteiger partial charge in [-0.1, -0.05) is 15.9 Å². The van der Waals surface area contributed by atoms with Gasteiger partial charge in [-0.25, -0.2) is 0 Å². The molecule has 3 nitrogen and oxygen atoms in total. The molecule has 1 rings (SSSR count). The summed E-state index contributed by atoms with van der Waals surface area (Å²) in [6.07, 6.45) is 0. The first-order chi connectivity index (χ1) is 6.63. The van der Waals surface area contributed by atoms with Crippen LogP contribution in [0.2, 0.25) is 0 Å². The summed E-state index contributed by atoms with van der Waals surface area (Å²) in [7, 11) is 0. The van der Waals surface area contributed by atoms with Gasteiger partial charge in [-0.2, -0.15) is 0 Å². The lowest BCUT2D eigenvalue weighted by Gasteiger charge is -2.11. The summed E-state index contributed by atoms with van der Waals surface area (Å²) in [5.74, 6) is 0.269. The van der Waals surface area contributed by atoms with Crippen LogP contribution in [0.5, 0.6) is 5.75 Å². The van der Waals surface area contributed by atoms with Crippen molar-refractivity contribution in [3.8, 4) is 5.75 Å². The molecule has 0 saturated carbocycles. The zero-order valence-corrected chi connectivity index (χ0v) is 9.58. The Labute approximate surface area is 91.9 Å². The van der Waals surface area contributed by atoms with Crippen LogP contribution < -0.4 is 5.32 Å². The first-order valence-electron chi connectivity index (χ1n) is 4.45. The highest BCUT2D eigenvalue weighted by Crippen LogP contribution is 2.21. The number of rotatable bonds is 4. The lowest BCUT2D eigenvalue weighted by atomic mass is 10.2. The number of aromatic hydroxyl groups is 1. The molecule has 14 heavy (non-hydrogen) atoms. The third-order valence-corrected chi connectivity index (χ3v) is 2.45. The zero-order valence-electron chi connectivity index (χ0n) is 8.00. The zero-order chi connectivity index (χ0) is 10.6. The third-order valence-electron chi connectivity index (χ3n) is 1.96. The number of phenolic OH excluding ortho intramolecular Hbond substituents is 1. The third kappa shape index (κ3) is 3.29. The Morgan fingerprint density at radius 2 is 2.21 bits per heavy atom. The number of phenols is 1. The Kier molecular flexibility index (Phi) is 4.38. The minimum atomic E-state index is 0.0355. The average Bonchev–Trinajstić information content (AvgIpc) is 2.19. The summed E-state index contributed by atoms with van der Waals surface area (Å²) < 4.78 is 0.934. The minimum Gasteiger partial charge on any atom is -0.508 e. The van der Waals surface area contributed by atoms with Crippen molar-refractivity contribution in [1.82, 2.24) is 5.32 Å². The largest absolute Gasteiger partial charge is 0.508 e. The number of halogens is 1. The van der Waals surface area contributed by atoms with Crippen LogP contribution in [0.3, 0.4) is 0 Å². The molecule has 0 fully saturated rings. The van der Waals surface area contributed by atoms with E-state index in [1.807, 2.05) is 13.0 Å². The van der Waals surface area contributed by atoms with Crippen LogP contribution in [-0.4, -0.2) is 22.9 Å². The highest BCUT2D eigenvalue weighted by Gasteiger charge is 2.03. The Morgan fingerprint density at radius 1 is 1.50 bits per heavy atom. The lowest BCUT2D eigenvalue weighted by molar-refractivity contribution is 0.250. The number of aliphatic hydroxyl groups is 1. The molecule has 1 aromatic rings. The van der Waals surface area contributed by atoms with Crippen molar-refractivity contribution in [2.75, 3.05) is 6.61 Å². The molecule has 0 saturated heterocycles. The molecule has 78 valence electrons. The van der Waals surface area contributed by atoms with E-state index < -0.39 is 0 Å². The fourth-order valence-electron chi connectivity index (χ4n) is 1.04. The van der Waals surface area contributed by atoms with Gasteiger partial charge in [-0.3, -0.25) is 0 Å². The highest BCUT2D eigenvalue weighted by atomic mass is 79.9. The molecule has 0 bridgehead atoms. The van der Waals surface area contributed by atoms with Gasteiger partial charge in [0.15, 0.2) is 0 Å². The molecule has 1 aromatic carbocycles. The lowest BCUT2D eigenvalue weighted by Crippen LogP contribution is -2.28. The molecule has 1 unspecified atom stereocenters. The molecule has 1 atom stereocenters. The number of hydrogen-bond donors (Lipinski definition) is 3. The quantitative estimate of drug-likeness (QED) is 0.771. The summed E-state index contributed by atoms with van der Waals surface area (Å²) in [5.41, 5.74) is 0.819. The second-order valence-corrected chi connectivity index (χ2v) is 4.15. The molecule has 0 heterocycles. The van der Waals surface area contributed by atoms with E-state index in [-0.39, 0.29) is 18.4 Å². The van der Waals surface area contributed by atoms with Gasteiger partial charge in [-0.05, 0) is 25.1 Å². The maximum absolute atomic E-state index is 9.50. The number of nitrogens with one attached hydrogen (secondary N) is 1. The van der Waals surface area contributed by atoms with Gasteiger partial charge in [0.2, 0.25) is 0 Å². The van der Waals surface area contributed by atoms with Gasteiger partial charge in [0.25, 0.3) is 0 Å². The molecule has 3 N–H and O–H groups in total. The molecule has 0 aliphatic carbocycles. The van der Waals surface area contributed by atoms with Crippen molar-refractivity contribution in [2.45, 2.75) is 19.5 Å². The van der Waals surface area contributed by atoms with Gasteiger partial charge in [-0.15, -0.1) is 0 Å². The number of aliphatic hydroxyl groups excluding tert-OH is 1. The van der Waals surface area contributed by atoms with Crippen LogP contribution in [0.1, 0.15) is 12.5 Å². The first kappa shape index (κ1) is 11.5. The van der Waals surface area contributed by atoms with E-state index in [2.05, 4.69) is 21.2 Å². The number of benzene rings is 1. The van der Waals surface area contributed by atoms with Crippen molar-refractivity contribution in [3.05, 3.63) is 28.2 Å². The molecule has 0 aliphatic rings. The average molecular weight is 260 g/mol. The first-order valence-corrected chi connectivity index (χ1v) is 5.24. The van der Waals surface area contributed by atoms with E-state index in [9.17, 15) is 5.11 Å². The molecule has 0 radical (unpaired) electrons. The van der Waals surface area contributed by atoms with Gasteiger partial charge < -0.3 is 15.5 Å². The Balaban J connectivity index is 2.62. The minimum absolute atomic E-state index is 0.0355. The van der Waals surface area contributed by atoms with Crippen LogP contribution in [0, 0.1) is 0 Å². The van der Waals surface area contributed by atoms with Crippen molar-refractivity contribution >= 4 is 15.9 Å². The molecule has 0 amide bonds. The van der Waals surface area contributed by atoms with Crippen LogP contribution in [0.25, 0.3) is 0 Å². The molecular weight excluding hydrogens is 246 g/mol. The van der Waals surface area contributed by atoms with Gasteiger partial charge in [0.05, 0.1) is 6.61 Å². The molecule has 0 spiro atoms. The molecule has 4 heteroatoms. The Morgan fingerprint density at radius 3 is 2.86 bits per heavy atom. The second-order valence-electron chi connectivity index (χ2n) is 3.24. The van der Waals surface area contributed by atoms with E-state index in [0.29, 0.717) is 6.54 Å². The maximum Gasteiger partial charge on any atom is 0.120 e. The van der Waals surface area contributed by atoms with Crippen LogP contribution in [0.15, 0.2) is 22.7 Å². The fraction of sp³-hybridized carbons (Fsp3) is 0.400. The Hall–Kier alpha value is -0.580. The van der Waals surface area contributed by atoms with E-state index in [4.69, 9.17) is 5.11 Å². The monoisotopic (exact) mass is 259 g/mol. The topological polar surface area (TPSA) is 52.5 Å². The highest BCUT2D eigenvalue weighted by molar-refractivity contribution is 9.10. The summed E-state index contributed by atoms with van der Waals surface area (Å²) in [6, 6.07) is 5.32. The molecular formula is C10H14BrNO2. The van der Waals surface area contributed by atoms with E-state index in [0.717, 1.165) is 10.0 Å². The molecule has 0 aliphatic heterocycles. The summed E-state index contributed by atoms with van der Waals surface area (Å²) in [6.45, 7) is 2.52. The van der Waals surface area contributed by atoms with Gasteiger partial charge in [0, 0.05) is 22.6 Å². The second kappa shape index (κ2) is 5.34.